The summed E-state index contributed by atoms with van der Waals surface area (Å²) in [4.78, 5) is -0.155. The molecule has 96 valence electrons. The minimum Gasteiger partial charge on any atom is -0.457 e. The summed E-state index contributed by atoms with van der Waals surface area (Å²) in [5.41, 5.74) is 0. The quantitative estimate of drug-likeness (QED) is 0.881. The molecule has 0 amide bonds. The van der Waals surface area contributed by atoms with Gasteiger partial charge in [0.15, 0.2) is 0 Å². The molecule has 0 unspecified atom stereocenters. The van der Waals surface area contributed by atoms with Crippen LogP contribution in [-0.2, 0) is 10.1 Å². The highest BCUT2D eigenvalue weighted by Gasteiger charge is 2.08. The van der Waals surface area contributed by atoms with E-state index in [1.54, 1.807) is 12.1 Å². The maximum absolute atomic E-state index is 10.8. The van der Waals surface area contributed by atoms with Crippen LogP contribution in [0.2, 0.25) is 0 Å². The first-order valence-corrected chi connectivity index (χ1v) is 6.30. The van der Waals surface area contributed by atoms with E-state index in [9.17, 15) is 8.42 Å². The molecule has 0 fully saturated rings. The minimum atomic E-state index is -4.15. The average molecular weight is 287 g/mol. The van der Waals surface area contributed by atoms with Gasteiger partial charge in [-0.2, -0.15) is 8.42 Å². The van der Waals surface area contributed by atoms with Gasteiger partial charge in [-0.05, 0) is 36.4 Å². The Morgan fingerprint density at radius 3 is 1.83 bits per heavy atom. The van der Waals surface area contributed by atoms with Crippen molar-refractivity contribution in [1.82, 2.24) is 0 Å². The van der Waals surface area contributed by atoms with Crippen LogP contribution < -0.4 is 4.74 Å². The van der Waals surface area contributed by atoms with Crippen LogP contribution in [0.1, 0.15) is 0 Å². The molecule has 0 aliphatic carbocycles. The second-order valence-corrected chi connectivity index (χ2v) is 4.78. The number of para-hydroxylation sites is 1. The monoisotopic (exact) mass is 286 g/mol. The van der Waals surface area contributed by atoms with Crippen molar-refractivity contribution in [2.24, 2.45) is 0 Å². The zero-order chi connectivity index (χ0) is 12.3. The molecule has 2 aromatic rings. The molecule has 18 heavy (non-hydrogen) atoms. The average Bonchev–Trinajstić information content (AvgIpc) is 2.30. The van der Waals surface area contributed by atoms with E-state index in [4.69, 9.17) is 9.29 Å². The van der Waals surface area contributed by atoms with Crippen molar-refractivity contribution in [2.75, 3.05) is 0 Å². The van der Waals surface area contributed by atoms with Gasteiger partial charge >= 0.3 is 0 Å². The lowest BCUT2D eigenvalue weighted by Crippen LogP contribution is -1.97. The van der Waals surface area contributed by atoms with Crippen LogP contribution in [0.25, 0.3) is 0 Å². The van der Waals surface area contributed by atoms with Gasteiger partial charge in [0.2, 0.25) is 0 Å². The highest BCUT2D eigenvalue weighted by molar-refractivity contribution is 7.85. The summed E-state index contributed by atoms with van der Waals surface area (Å²) in [7, 11) is -4.15. The molecule has 0 aromatic heterocycles. The van der Waals surface area contributed by atoms with E-state index < -0.39 is 10.1 Å². The molecule has 2 aromatic carbocycles. The molecule has 1 N–H and O–H groups in total. The highest BCUT2D eigenvalue weighted by Crippen LogP contribution is 2.22. The first-order valence-electron chi connectivity index (χ1n) is 4.86. The summed E-state index contributed by atoms with van der Waals surface area (Å²) >= 11 is 0. The van der Waals surface area contributed by atoms with Gasteiger partial charge in [0.25, 0.3) is 10.1 Å². The second-order valence-electron chi connectivity index (χ2n) is 3.36. The summed E-state index contributed by atoms with van der Waals surface area (Å²) in [5.74, 6) is 1.16. The van der Waals surface area contributed by atoms with Gasteiger partial charge < -0.3 is 4.74 Å². The van der Waals surface area contributed by atoms with E-state index in [0.29, 0.717) is 11.5 Å². The van der Waals surface area contributed by atoms with Crippen LogP contribution >= 0.6 is 12.4 Å². The van der Waals surface area contributed by atoms with Crippen molar-refractivity contribution in [1.29, 1.82) is 0 Å². The molecule has 0 bridgehead atoms. The lowest BCUT2D eigenvalue weighted by atomic mass is 10.3. The van der Waals surface area contributed by atoms with Crippen molar-refractivity contribution < 1.29 is 17.7 Å². The van der Waals surface area contributed by atoms with Gasteiger partial charge in [0.1, 0.15) is 11.5 Å². The zero-order valence-electron chi connectivity index (χ0n) is 9.18. The fourth-order valence-electron chi connectivity index (χ4n) is 1.30. The molecular weight excluding hydrogens is 276 g/mol. The Hall–Kier alpha value is -1.56. The van der Waals surface area contributed by atoms with E-state index in [1.165, 1.54) is 24.3 Å². The Kier molecular flexibility index (Phi) is 4.72. The first kappa shape index (κ1) is 14.5. The van der Waals surface area contributed by atoms with Gasteiger partial charge in [0, 0.05) is 0 Å². The van der Waals surface area contributed by atoms with Crippen LogP contribution in [0.4, 0.5) is 0 Å². The Balaban J connectivity index is 0.00000162. The highest BCUT2D eigenvalue weighted by atomic mass is 35.5. The largest absolute Gasteiger partial charge is 0.457 e. The second kappa shape index (κ2) is 5.86. The van der Waals surface area contributed by atoms with E-state index in [1.807, 2.05) is 18.2 Å². The summed E-state index contributed by atoms with van der Waals surface area (Å²) in [5, 5.41) is 0. The van der Waals surface area contributed by atoms with Gasteiger partial charge in [-0.3, -0.25) is 4.55 Å². The van der Waals surface area contributed by atoms with Crippen LogP contribution in [-0.4, -0.2) is 13.0 Å². The molecule has 0 saturated carbocycles. The van der Waals surface area contributed by atoms with Crippen LogP contribution in [0.3, 0.4) is 0 Å². The van der Waals surface area contributed by atoms with Gasteiger partial charge in [-0.25, -0.2) is 0 Å². The molecule has 0 saturated heterocycles. The van der Waals surface area contributed by atoms with Crippen molar-refractivity contribution in [3.63, 3.8) is 0 Å². The Bertz CT molecular complexity index is 594. The Morgan fingerprint density at radius 2 is 1.33 bits per heavy atom. The van der Waals surface area contributed by atoms with Crippen molar-refractivity contribution in [3.8, 4) is 11.5 Å². The number of hydrogen-bond donors (Lipinski definition) is 1. The van der Waals surface area contributed by atoms with Crippen LogP contribution in [0.5, 0.6) is 11.5 Å². The van der Waals surface area contributed by atoms with Crippen molar-refractivity contribution >= 4 is 22.5 Å². The number of rotatable bonds is 3. The molecule has 0 radical (unpaired) electrons. The fraction of sp³-hybridized carbons (Fsp3) is 0. The number of benzene rings is 2. The van der Waals surface area contributed by atoms with Crippen LogP contribution in [0.15, 0.2) is 59.5 Å². The molecule has 6 heteroatoms. The molecule has 2 rings (SSSR count). The standard InChI is InChI=1S/C12H10O4S.ClH/c13-17(14,15)12-8-6-11(7-9-12)16-10-4-2-1-3-5-10;/h1-9H,(H,13,14,15);1H. The maximum Gasteiger partial charge on any atom is 0.294 e. The molecule has 0 atom stereocenters. The molecular formula is C12H11ClO4S. The molecule has 0 heterocycles. The third-order valence-electron chi connectivity index (χ3n) is 2.10. The lowest BCUT2D eigenvalue weighted by molar-refractivity contribution is 0.478. The van der Waals surface area contributed by atoms with Gasteiger partial charge in [0.05, 0.1) is 4.90 Å². The summed E-state index contributed by atoms with van der Waals surface area (Å²) in [6.07, 6.45) is 0. The number of ether oxygens (including phenoxy) is 1. The minimum absolute atomic E-state index is 0. The lowest BCUT2D eigenvalue weighted by Gasteiger charge is -2.05. The SMILES string of the molecule is Cl.O=S(=O)(O)c1ccc(Oc2ccccc2)cc1. The van der Waals surface area contributed by atoms with Gasteiger partial charge in [-0.1, -0.05) is 18.2 Å². The fourth-order valence-corrected chi connectivity index (χ4v) is 1.78. The number of halogens is 1. The van der Waals surface area contributed by atoms with Crippen LogP contribution in [0, 0.1) is 0 Å². The summed E-state index contributed by atoms with van der Waals surface area (Å²) in [6, 6.07) is 14.7. The first-order chi connectivity index (χ1) is 8.05. The molecule has 0 spiro atoms. The molecule has 0 aliphatic heterocycles. The normalized spacial score (nSPS) is 10.5. The predicted octanol–water partition coefficient (Wildman–Crippen LogP) is 3.15. The Morgan fingerprint density at radius 1 is 0.833 bits per heavy atom. The number of hydrogen-bond acceptors (Lipinski definition) is 3. The molecule has 0 aliphatic rings. The predicted molar refractivity (Wildman–Crippen MR) is 70.0 cm³/mol. The third kappa shape index (κ3) is 3.73. The summed E-state index contributed by atoms with van der Waals surface area (Å²) < 4.78 is 35.9. The maximum atomic E-state index is 10.8. The van der Waals surface area contributed by atoms with E-state index in [0.717, 1.165) is 0 Å². The van der Waals surface area contributed by atoms with E-state index >= 15 is 0 Å². The zero-order valence-corrected chi connectivity index (χ0v) is 10.8. The van der Waals surface area contributed by atoms with E-state index in [-0.39, 0.29) is 17.3 Å². The topological polar surface area (TPSA) is 63.6 Å². The summed E-state index contributed by atoms with van der Waals surface area (Å²) in [6.45, 7) is 0. The Labute approximate surface area is 111 Å². The van der Waals surface area contributed by atoms with Crippen molar-refractivity contribution in [3.05, 3.63) is 54.6 Å². The smallest absolute Gasteiger partial charge is 0.294 e. The van der Waals surface area contributed by atoms with Gasteiger partial charge in [-0.15, -0.1) is 12.4 Å². The van der Waals surface area contributed by atoms with Crippen molar-refractivity contribution in [2.45, 2.75) is 4.90 Å². The third-order valence-corrected chi connectivity index (χ3v) is 2.97. The van der Waals surface area contributed by atoms with E-state index in [2.05, 4.69) is 0 Å². The molecule has 4 nitrogen and oxygen atoms in total.